The van der Waals surface area contributed by atoms with Crippen molar-refractivity contribution in [1.82, 2.24) is 4.90 Å². The van der Waals surface area contributed by atoms with Crippen molar-refractivity contribution in [2.75, 3.05) is 31.1 Å². The summed E-state index contributed by atoms with van der Waals surface area (Å²) in [5, 5.41) is 8.52. The first-order chi connectivity index (χ1) is 16.5. The summed E-state index contributed by atoms with van der Waals surface area (Å²) in [6.07, 6.45) is 9.25. The molecule has 0 heterocycles. The fraction of sp³-hybridized carbons (Fsp3) is 0.333. The van der Waals surface area contributed by atoms with Gasteiger partial charge in [-0.3, -0.25) is 4.90 Å². The van der Waals surface area contributed by atoms with Crippen molar-refractivity contribution in [3.8, 4) is 0 Å². The molecule has 0 radical (unpaired) electrons. The Morgan fingerprint density at radius 3 is 1.79 bits per heavy atom. The van der Waals surface area contributed by atoms with E-state index in [1.807, 2.05) is 0 Å². The third-order valence-electron chi connectivity index (χ3n) is 5.87. The number of hydrogen-bond acceptors (Lipinski definition) is 6. The quantitative estimate of drug-likeness (QED) is 0.302. The van der Waals surface area contributed by atoms with Crippen molar-refractivity contribution < 1.29 is 18.4 Å². The van der Waals surface area contributed by atoms with Crippen LogP contribution in [0.1, 0.15) is 38.8 Å². The van der Waals surface area contributed by atoms with E-state index in [-0.39, 0.29) is 0 Å². The zero-order valence-electron chi connectivity index (χ0n) is 20.3. The van der Waals surface area contributed by atoms with E-state index < -0.39 is 11.4 Å². The maximum atomic E-state index is 8.83. The number of likely N-dealkylation sites (N-methyl/N-ethyl adjacent to an activating group) is 1. The maximum Gasteiger partial charge on any atom is 0.0748 e. The molecular weight excluding hydrogens is 448 g/mol. The Morgan fingerprint density at radius 1 is 0.853 bits per heavy atom. The van der Waals surface area contributed by atoms with Crippen LogP contribution in [0, 0.1) is 0 Å². The summed E-state index contributed by atoms with van der Waals surface area (Å²) < 4.78 is 20.1. The monoisotopic (exact) mass is 482 g/mol. The second-order valence-corrected chi connectivity index (χ2v) is 8.16. The van der Waals surface area contributed by atoms with E-state index in [9.17, 15) is 0 Å². The van der Waals surface area contributed by atoms with Crippen LogP contribution in [-0.2, 0) is 15.7 Å². The van der Waals surface area contributed by atoms with E-state index in [0.29, 0.717) is 6.04 Å². The number of hydrogen-bond donors (Lipinski definition) is 0. The standard InChI is InChI=1S/C27H34N2.H2O4S/c1-5-28(6-2)25-18-14-23(15-19-25)27(22-12-10-9-11-13-22)24-16-20-26(21-17-24)29(7-3)8-4;1-4-5(2)3/h9-21,25H,5-8H2,1-4H3;1H,(H,2,3)/p-2. The van der Waals surface area contributed by atoms with Crippen LogP contribution in [0.2, 0.25) is 0 Å². The Morgan fingerprint density at radius 2 is 1.35 bits per heavy atom. The largest absolute Gasteiger partial charge is 0.750 e. The number of rotatable bonds is 9. The average molecular weight is 483 g/mol. The molecule has 2 aromatic rings. The van der Waals surface area contributed by atoms with E-state index in [0.717, 1.165) is 26.2 Å². The fourth-order valence-electron chi connectivity index (χ4n) is 4.11. The van der Waals surface area contributed by atoms with E-state index in [1.54, 1.807) is 0 Å². The number of anilines is 1. The lowest BCUT2D eigenvalue weighted by molar-refractivity contribution is -0.635. The maximum absolute atomic E-state index is 8.83. The Kier molecular flexibility index (Phi) is 11.9. The normalized spacial score (nSPS) is 15.6. The van der Waals surface area contributed by atoms with Gasteiger partial charge in [-0.2, -0.15) is 0 Å². The number of benzene rings is 2. The molecule has 1 atom stereocenters. The van der Waals surface area contributed by atoms with Crippen molar-refractivity contribution in [2.45, 2.75) is 33.7 Å². The molecule has 0 N–H and O–H groups in total. The van der Waals surface area contributed by atoms with Gasteiger partial charge in [0.25, 0.3) is 0 Å². The third-order valence-corrected chi connectivity index (χ3v) is 5.98. The SMILES string of the molecule is CCN(CC)c1ccc(C(=C2C=CC(N(CC)CC)C=C2)c2ccccc2)cc1.O=S([O-])O[O-]. The zero-order valence-corrected chi connectivity index (χ0v) is 21.2. The predicted molar refractivity (Wildman–Crippen MR) is 137 cm³/mol. The van der Waals surface area contributed by atoms with E-state index in [1.165, 1.54) is 28.0 Å². The molecule has 0 aliphatic heterocycles. The Hall–Kier alpha value is -2.55. The van der Waals surface area contributed by atoms with Crippen LogP contribution < -0.4 is 10.2 Å². The average Bonchev–Trinajstić information content (AvgIpc) is 2.88. The van der Waals surface area contributed by atoms with Gasteiger partial charge >= 0.3 is 0 Å². The third kappa shape index (κ3) is 7.75. The van der Waals surface area contributed by atoms with Gasteiger partial charge in [-0.25, -0.2) is 4.21 Å². The smallest absolute Gasteiger partial charge is 0.0748 e. The molecular formula is C27H34N2O4S-2. The molecule has 1 aliphatic rings. The highest BCUT2D eigenvalue weighted by molar-refractivity contribution is 7.73. The molecule has 6 nitrogen and oxygen atoms in total. The van der Waals surface area contributed by atoms with Crippen molar-refractivity contribution in [3.63, 3.8) is 0 Å². The zero-order chi connectivity index (χ0) is 24.9. The molecule has 0 amide bonds. The summed E-state index contributed by atoms with van der Waals surface area (Å²) in [4.78, 5) is 4.85. The van der Waals surface area contributed by atoms with Crippen LogP contribution in [-0.4, -0.2) is 45.9 Å². The van der Waals surface area contributed by atoms with Crippen LogP contribution >= 0.6 is 0 Å². The van der Waals surface area contributed by atoms with Gasteiger partial charge in [-0.1, -0.05) is 80.6 Å². The van der Waals surface area contributed by atoms with Crippen LogP contribution in [0.15, 0.2) is 84.5 Å². The Balaban J connectivity index is 0.000000739. The lowest BCUT2D eigenvalue weighted by atomic mass is 9.90. The fourth-order valence-corrected chi connectivity index (χ4v) is 4.11. The molecule has 0 aromatic heterocycles. The highest BCUT2D eigenvalue weighted by Gasteiger charge is 2.15. The molecule has 0 saturated carbocycles. The summed E-state index contributed by atoms with van der Waals surface area (Å²) in [6.45, 7) is 13.0. The van der Waals surface area contributed by atoms with Crippen molar-refractivity contribution in [1.29, 1.82) is 0 Å². The van der Waals surface area contributed by atoms with Crippen LogP contribution in [0.3, 0.4) is 0 Å². The van der Waals surface area contributed by atoms with E-state index >= 15 is 0 Å². The minimum Gasteiger partial charge on any atom is -0.750 e. The second-order valence-electron chi connectivity index (χ2n) is 7.62. The summed E-state index contributed by atoms with van der Waals surface area (Å²) in [5.74, 6) is 0. The molecule has 2 aromatic carbocycles. The lowest BCUT2D eigenvalue weighted by Gasteiger charge is -2.27. The van der Waals surface area contributed by atoms with Gasteiger partial charge in [0.1, 0.15) is 0 Å². The number of allylic oxidation sites excluding steroid dienone is 3. The summed E-state index contributed by atoms with van der Waals surface area (Å²) in [5.41, 5.74) is 6.37. The first-order valence-electron chi connectivity index (χ1n) is 11.6. The highest BCUT2D eigenvalue weighted by atomic mass is 32.2. The van der Waals surface area contributed by atoms with Gasteiger partial charge < -0.3 is 19.0 Å². The van der Waals surface area contributed by atoms with E-state index in [4.69, 9.17) is 14.0 Å². The van der Waals surface area contributed by atoms with Crippen molar-refractivity contribution in [3.05, 3.63) is 95.6 Å². The molecule has 0 saturated heterocycles. The van der Waals surface area contributed by atoms with Crippen LogP contribution in [0.5, 0.6) is 0 Å². The molecule has 184 valence electrons. The molecule has 0 bridgehead atoms. The Labute approximate surface area is 206 Å². The van der Waals surface area contributed by atoms with Crippen molar-refractivity contribution in [2.24, 2.45) is 0 Å². The van der Waals surface area contributed by atoms with Gasteiger partial charge in [0, 0.05) is 24.8 Å². The minimum atomic E-state index is -2.88. The molecule has 34 heavy (non-hydrogen) atoms. The molecule has 3 rings (SSSR count). The van der Waals surface area contributed by atoms with Gasteiger partial charge in [-0.15, -0.1) is 0 Å². The van der Waals surface area contributed by atoms with E-state index in [2.05, 4.69) is 121 Å². The Bertz CT molecular complexity index is 963. The first-order valence-corrected chi connectivity index (χ1v) is 12.6. The predicted octanol–water partition coefficient (Wildman–Crippen LogP) is 4.24. The van der Waals surface area contributed by atoms with Gasteiger partial charge in [0.2, 0.25) is 0 Å². The molecule has 0 fully saturated rings. The first kappa shape index (κ1) is 27.7. The molecule has 0 spiro atoms. The van der Waals surface area contributed by atoms with Crippen LogP contribution in [0.4, 0.5) is 5.69 Å². The minimum absolute atomic E-state index is 0.385. The van der Waals surface area contributed by atoms with Gasteiger partial charge in [0.05, 0.1) is 11.4 Å². The molecule has 1 aliphatic carbocycles. The second kappa shape index (κ2) is 14.7. The summed E-state index contributed by atoms with van der Waals surface area (Å²) >= 11 is -2.88. The summed E-state index contributed by atoms with van der Waals surface area (Å²) in [7, 11) is 0. The van der Waals surface area contributed by atoms with Gasteiger partial charge in [0.15, 0.2) is 0 Å². The van der Waals surface area contributed by atoms with Crippen molar-refractivity contribution >= 4 is 22.6 Å². The summed E-state index contributed by atoms with van der Waals surface area (Å²) in [6, 6.07) is 20.2. The molecule has 7 heteroatoms. The van der Waals surface area contributed by atoms with Crippen LogP contribution in [0.25, 0.3) is 5.57 Å². The molecule has 1 unspecified atom stereocenters. The highest BCUT2D eigenvalue weighted by Crippen LogP contribution is 2.31. The lowest BCUT2D eigenvalue weighted by Crippen LogP contribution is -2.32. The number of nitrogens with zero attached hydrogens (tertiary/aromatic N) is 2. The van der Waals surface area contributed by atoms with Gasteiger partial charge in [-0.05, 0) is 61.3 Å². The topological polar surface area (TPSA) is 78.9 Å².